The van der Waals surface area contributed by atoms with Gasteiger partial charge in [0.15, 0.2) is 0 Å². The Labute approximate surface area is 145 Å². The summed E-state index contributed by atoms with van der Waals surface area (Å²) in [5, 5.41) is 11.2. The van der Waals surface area contributed by atoms with Crippen LogP contribution in [0.15, 0.2) is 29.8 Å². The molecule has 0 bridgehead atoms. The molecular formula is C17H22N4O2S. The van der Waals surface area contributed by atoms with Crippen molar-refractivity contribution < 1.29 is 9.59 Å². The van der Waals surface area contributed by atoms with Gasteiger partial charge in [-0.15, -0.1) is 11.3 Å². The van der Waals surface area contributed by atoms with Gasteiger partial charge in [0, 0.05) is 29.9 Å². The molecule has 0 aliphatic carbocycles. The Morgan fingerprint density at radius 2 is 2.08 bits per heavy atom. The summed E-state index contributed by atoms with van der Waals surface area (Å²) in [4.78, 5) is 28.3. The molecule has 2 aromatic rings. The standard InChI is InChI=1S/C17H22N4O2S/c1-5-17(3,15-19-8-9-24-15)21-16(23)20-13-7-6-12(10-11(13)2)14(22)18-4/h6-10H,5H2,1-4H3,(H,18,22)(H2,20,21,23). The molecule has 0 aliphatic rings. The quantitative estimate of drug-likeness (QED) is 0.777. The Morgan fingerprint density at radius 3 is 2.62 bits per heavy atom. The van der Waals surface area contributed by atoms with Crippen molar-refractivity contribution in [2.45, 2.75) is 32.7 Å². The smallest absolute Gasteiger partial charge is 0.320 e. The number of carbonyl (C=O) groups is 2. The van der Waals surface area contributed by atoms with Crippen molar-refractivity contribution in [2.24, 2.45) is 0 Å². The molecule has 0 spiro atoms. The summed E-state index contributed by atoms with van der Waals surface area (Å²) in [6.45, 7) is 5.81. The summed E-state index contributed by atoms with van der Waals surface area (Å²) in [7, 11) is 1.58. The Morgan fingerprint density at radius 1 is 1.33 bits per heavy atom. The summed E-state index contributed by atoms with van der Waals surface area (Å²) in [6, 6.07) is 4.85. The summed E-state index contributed by atoms with van der Waals surface area (Å²) in [6.07, 6.45) is 2.46. The lowest BCUT2D eigenvalue weighted by molar-refractivity contribution is 0.0963. The normalized spacial score (nSPS) is 13.0. The zero-order valence-corrected chi connectivity index (χ0v) is 15.1. The molecular weight excluding hydrogens is 324 g/mol. The number of aryl methyl sites for hydroxylation is 1. The molecule has 0 saturated carbocycles. The van der Waals surface area contributed by atoms with Gasteiger partial charge in [-0.3, -0.25) is 4.79 Å². The molecule has 24 heavy (non-hydrogen) atoms. The van der Waals surface area contributed by atoms with Crippen LogP contribution in [-0.2, 0) is 5.54 Å². The number of rotatable bonds is 5. The largest absolute Gasteiger partial charge is 0.355 e. The molecule has 2 rings (SSSR count). The molecule has 1 aromatic heterocycles. The fourth-order valence-corrected chi connectivity index (χ4v) is 3.11. The SMILES string of the molecule is CCC(C)(NC(=O)Nc1ccc(C(=O)NC)cc1C)c1nccs1. The number of nitrogens with one attached hydrogen (secondary N) is 3. The minimum atomic E-state index is -0.520. The van der Waals surface area contributed by atoms with Crippen molar-refractivity contribution in [2.75, 3.05) is 12.4 Å². The van der Waals surface area contributed by atoms with E-state index in [-0.39, 0.29) is 11.9 Å². The van der Waals surface area contributed by atoms with Gasteiger partial charge in [0.25, 0.3) is 5.91 Å². The third kappa shape index (κ3) is 3.91. The Balaban J connectivity index is 2.11. The first-order valence-corrected chi connectivity index (χ1v) is 8.59. The van der Waals surface area contributed by atoms with Crippen molar-refractivity contribution in [1.29, 1.82) is 0 Å². The third-order valence-electron chi connectivity index (χ3n) is 3.96. The summed E-state index contributed by atoms with van der Waals surface area (Å²) >= 11 is 1.52. The van der Waals surface area contributed by atoms with Crippen LogP contribution in [-0.4, -0.2) is 24.0 Å². The minimum absolute atomic E-state index is 0.156. The highest BCUT2D eigenvalue weighted by Crippen LogP contribution is 2.26. The van der Waals surface area contributed by atoms with Crippen LogP contribution in [0.4, 0.5) is 10.5 Å². The molecule has 0 radical (unpaired) electrons. The maximum Gasteiger partial charge on any atom is 0.320 e. The van der Waals surface area contributed by atoms with Crippen molar-refractivity contribution in [3.8, 4) is 0 Å². The average Bonchev–Trinajstić information content (AvgIpc) is 3.11. The molecule has 0 fully saturated rings. The van der Waals surface area contributed by atoms with Crippen LogP contribution in [0.1, 0.15) is 41.2 Å². The van der Waals surface area contributed by atoms with Crippen LogP contribution in [0.3, 0.4) is 0 Å². The van der Waals surface area contributed by atoms with E-state index in [0.29, 0.717) is 11.3 Å². The lowest BCUT2D eigenvalue weighted by Crippen LogP contribution is -2.45. The molecule has 6 nitrogen and oxygen atoms in total. The second-order valence-electron chi connectivity index (χ2n) is 5.71. The predicted molar refractivity (Wildman–Crippen MR) is 96.5 cm³/mol. The molecule has 7 heteroatoms. The van der Waals surface area contributed by atoms with Crippen molar-refractivity contribution in [1.82, 2.24) is 15.6 Å². The van der Waals surface area contributed by atoms with E-state index in [1.54, 1.807) is 31.4 Å². The number of benzene rings is 1. The summed E-state index contributed by atoms with van der Waals surface area (Å²) in [5.41, 5.74) is 1.52. The van der Waals surface area contributed by atoms with Crippen LogP contribution < -0.4 is 16.0 Å². The van der Waals surface area contributed by atoms with Crippen LogP contribution in [0, 0.1) is 6.92 Å². The lowest BCUT2D eigenvalue weighted by atomic mass is 10.0. The Bertz CT molecular complexity index is 730. The molecule has 1 unspecified atom stereocenters. The van der Waals surface area contributed by atoms with Crippen LogP contribution in [0.25, 0.3) is 0 Å². The van der Waals surface area contributed by atoms with Crippen molar-refractivity contribution in [3.63, 3.8) is 0 Å². The van der Waals surface area contributed by atoms with Gasteiger partial charge >= 0.3 is 6.03 Å². The van der Waals surface area contributed by atoms with E-state index in [2.05, 4.69) is 20.9 Å². The van der Waals surface area contributed by atoms with Crippen molar-refractivity contribution >= 4 is 29.0 Å². The second kappa shape index (κ2) is 7.44. The van der Waals surface area contributed by atoms with Gasteiger partial charge < -0.3 is 16.0 Å². The average molecular weight is 346 g/mol. The monoisotopic (exact) mass is 346 g/mol. The number of urea groups is 1. The van der Waals surface area contributed by atoms with E-state index in [9.17, 15) is 9.59 Å². The van der Waals surface area contributed by atoms with Gasteiger partial charge in [0.1, 0.15) is 5.01 Å². The van der Waals surface area contributed by atoms with Gasteiger partial charge in [-0.1, -0.05) is 6.92 Å². The van der Waals surface area contributed by atoms with E-state index in [1.807, 2.05) is 26.2 Å². The number of thiazole rings is 1. The molecule has 0 saturated heterocycles. The zero-order chi connectivity index (χ0) is 17.7. The van der Waals surface area contributed by atoms with E-state index in [4.69, 9.17) is 0 Å². The zero-order valence-electron chi connectivity index (χ0n) is 14.3. The number of anilines is 1. The summed E-state index contributed by atoms with van der Waals surface area (Å²) in [5.74, 6) is -0.156. The number of hydrogen-bond acceptors (Lipinski definition) is 4. The van der Waals surface area contributed by atoms with Gasteiger partial charge in [-0.25, -0.2) is 9.78 Å². The molecule has 1 aromatic carbocycles. The first kappa shape index (κ1) is 17.9. The van der Waals surface area contributed by atoms with Crippen LogP contribution in [0.2, 0.25) is 0 Å². The van der Waals surface area contributed by atoms with E-state index in [1.165, 1.54) is 11.3 Å². The maximum absolute atomic E-state index is 12.4. The lowest BCUT2D eigenvalue weighted by Gasteiger charge is -2.27. The molecule has 1 atom stereocenters. The molecule has 3 N–H and O–H groups in total. The van der Waals surface area contributed by atoms with E-state index in [0.717, 1.165) is 17.0 Å². The number of amides is 3. The van der Waals surface area contributed by atoms with Gasteiger partial charge in [-0.2, -0.15) is 0 Å². The Kier molecular flexibility index (Phi) is 5.56. The summed E-state index contributed by atoms with van der Waals surface area (Å²) < 4.78 is 0. The molecule has 1 heterocycles. The van der Waals surface area contributed by atoms with Crippen LogP contribution >= 0.6 is 11.3 Å². The maximum atomic E-state index is 12.4. The molecule has 128 valence electrons. The van der Waals surface area contributed by atoms with E-state index >= 15 is 0 Å². The number of nitrogens with zero attached hydrogens (tertiary/aromatic N) is 1. The Hall–Kier alpha value is -2.41. The molecule has 0 aliphatic heterocycles. The number of aromatic nitrogens is 1. The highest BCUT2D eigenvalue weighted by Gasteiger charge is 2.29. The second-order valence-corrected chi connectivity index (χ2v) is 6.61. The number of carbonyl (C=O) groups excluding carboxylic acids is 2. The first-order chi connectivity index (χ1) is 11.4. The van der Waals surface area contributed by atoms with Gasteiger partial charge in [0.2, 0.25) is 0 Å². The first-order valence-electron chi connectivity index (χ1n) is 7.71. The highest BCUT2D eigenvalue weighted by molar-refractivity contribution is 7.09. The fraction of sp³-hybridized carbons (Fsp3) is 0.353. The third-order valence-corrected chi connectivity index (χ3v) is 5.00. The predicted octanol–water partition coefficient (Wildman–Crippen LogP) is 3.26. The molecule has 3 amide bonds. The number of hydrogen-bond donors (Lipinski definition) is 3. The topological polar surface area (TPSA) is 83.1 Å². The van der Waals surface area contributed by atoms with E-state index < -0.39 is 5.54 Å². The van der Waals surface area contributed by atoms with Gasteiger partial charge in [-0.05, 0) is 44.0 Å². The van der Waals surface area contributed by atoms with Crippen LogP contribution in [0.5, 0.6) is 0 Å². The fourth-order valence-electron chi connectivity index (χ4n) is 2.28. The highest BCUT2D eigenvalue weighted by atomic mass is 32.1. The minimum Gasteiger partial charge on any atom is -0.355 e. The van der Waals surface area contributed by atoms with Gasteiger partial charge in [0.05, 0.1) is 5.54 Å². The van der Waals surface area contributed by atoms with Crippen molar-refractivity contribution in [3.05, 3.63) is 45.9 Å².